The molecule has 0 aliphatic rings. The van der Waals surface area contributed by atoms with Gasteiger partial charge in [0.2, 0.25) is 5.62 Å². The van der Waals surface area contributed by atoms with Gasteiger partial charge in [-0.25, -0.2) is 0 Å². The van der Waals surface area contributed by atoms with E-state index < -0.39 is 37.3 Å². The number of aromatic hydroxyl groups is 1. The zero-order chi connectivity index (χ0) is 35.9. The lowest BCUT2D eigenvalue weighted by molar-refractivity contribution is 0.102. The molecule has 10 nitrogen and oxygen atoms in total. The van der Waals surface area contributed by atoms with E-state index in [9.17, 15) is 36.8 Å². The molecule has 0 saturated carbocycles. The van der Waals surface area contributed by atoms with E-state index in [0.29, 0.717) is 12.2 Å². The molecule has 3 aromatic rings. The minimum Gasteiger partial charge on any atom is -0.506 e. The Balaban J connectivity index is 1.57. The molecule has 5 N–H and O–H groups in total. The fraction of sp³-hybridized carbons (Fsp3) is 0.514. The first-order valence-electron chi connectivity index (χ1n) is 17.5. The zero-order valence-electron chi connectivity index (χ0n) is 28.9. The quantitative estimate of drug-likeness (QED) is 0.0364. The number of carbonyl (C=O) groups is 2. The van der Waals surface area contributed by atoms with E-state index in [1.807, 2.05) is 11.9 Å². The Hall–Kier alpha value is -3.16. The smallest absolute Gasteiger partial charge is 0.294 e. The number of phenols is 1. The maximum absolute atomic E-state index is 13.6. The number of carbonyl (C=O) groups excluding carboxylic acids is 2. The van der Waals surface area contributed by atoms with Crippen LogP contribution >= 0.6 is 10.6 Å². The van der Waals surface area contributed by atoms with Crippen LogP contribution in [0.15, 0.2) is 58.3 Å². The minimum absolute atomic E-state index is 0.00509. The van der Waals surface area contributed by atoms with Gasteiger partial charge in [0.05, 0.1) is 26.7 Å². The van der Waals surface area contributed by atoms with Crippen molar-refractivity contribution in [3.63, 3.8) is 0 Å². The molecule has 12 heteroatoms. The molecule has 0 atom stereocenters. The van der Waals surface area contributed by atoms with Crippen LogP contribution in [0.1, 0.15) is 120 Å². The molecule has 0 saturated heterocycles. The number of nitrogens with one attached hydrogen (secondary N) is 1. The molecule has 0 spiro atoms. The molecule has 0 fully saturated rings. The molecule has 3 aromatic carbocycles. The van der Waals surface area contributed by atoms with Crippen molar-refractivity contribution in [2.75, 3.05) is 23.8 Å². The molecule has 3 rings (SSSR count). The van der Waals surface area contributed by atoms with Gasteiger partial charge in [0, 0.05) is 24.4 Å². The Morgan fingerprint density at radius 1 is 0.755 bits per heavy atom. The number of phenolic OH excluding ortho intramolecular Hbond substituents is 1. The number of hydrogen-bond acceptors (Lipinski definition) is 8. The van der Waals surface area contributed by atoms with Gasteiger partial charge in [-0.05, 0) is 30.7 Å². The summed E-state index contributed by atoms with van der Waals surface area (Å²) in [5.74, 6) is -1.33. The number of anilines is 2. The molecule has 0 bridgehead atoms. The monoisotopic (exact) mass is 718 g/mol. The molecule has 0 radical (unpaired) electrons. The third-order valence-corrected chi connectivity index (χ3v) is 11.1. The van der Waals surface area contributed by atoms with Crippen LogP contribution in [0.5, 0.6) is 5.75 Å². The van der Waals surface area contributed by atoms with E-state index in [1.54, 1.807) is 12.1 Å². The fourth-order valence-electron chi connectivity index (χ4n) is 6.12. The van der Waals surface area contributed by atoms with Crippen LogP contribution in [0.2, 0.25) is 0 Å². The summed E-state index contributed by atoms with van der Waals surface area (Å²) < 4.78 is 54.4. The lowest BCUT2D eigenvalue weighted by Gasteiger charge is -2.27. The van der Waals surface area contributed by atoms with E-state index in [4.69, 9.17) is 0 Å². The molecular weight excluding hydrogens is 665 g/mol. The molecule has 49 heavy (non-hydrogen) atoms. The Morgan fingerprint density at radius 3 is 1.78 bits per heavy atom. The van der Waals surface area contributed by atoms with Gasteiger partial charge < -0.3 is 15.3 Å². The first kappa shape index (κ1) is 40.3. The summed E-state index contributed by atoms with van der Waals surface area (Å²) in [7, 11) is -6.73. The Kier molecular flexibility index (Phi) is 16.3. The minimum atomic E-state index is -4.60. The van der Waals surface area contributed by atoms with Gasteiger partial charge >= 0.3 is 0 Å². The highest BCUT2D eigenvalue weighted by Crippen LogP contribution is 2.50. The molecule has 0 aliphatic carbocycles. The standard InChI is InChI=1S/C37H54N2O8S2/c1-3-4-5-6-7-8-9-10-11-12-13-14-15-16-17-20-25-39(2)34-24-23-29(49(45,46)47)26-33(34)38-37(42)32-27-35(48(43,44)28-40)30-21-18-19-22-31(30)36(32)41/h18-19,21-24,26-28,41,43-44H,3-17,20,25H2,1-2H3,(H,38,42)(H,45,46,47). The van der Waals surface area contributed by atoms with Crippen LogP contribution in [0, 0.1) is 0 Å². The van der Waals surface area contributed by atoms with Crippen molar-refractivity contribution < 1.29 is 36.8 Å². The van der Waals surface area contributed by atoms with Crippen molar-refractivity contribution in [1.82, 2.24) is 0 Å². The average molecular weight is 719 g/mol. The lowest BCUT2D eigenvalue weighted by atomic mass is 10.0. The maximum Gasteiger partial charge on any atom is 0.294 e. The summed E-state index contributed by atoms with van der Waals surface area (Å²) in [6, 6.07) is 11.0. The maximum atomic E-state index is 13.6. The summed E-state index contributed by atoms with van der Waals surface area (Å²) in [5.41, 5.74) is 0.198. The second-order valence-electron chi connectivity index (χ2n) is 12.8. The van der Waals surface area contributed by atoms with Crippen LogP contribution in [0.4, 0.5) is 11.4 Å². The lowest BCUT2D eigenvalue weighted by Crippen LogP contribution is -2.22. The van der Waals surface area contributed by atoms with Crippen LogP contribution in [0.3, 0.4) is 0 Å². The molecule has 1 amide bonds. The summed E-state index contributed by atoms with van der Waals surface area (Å²) in [5, 5.41) is 13.9. The highest BCUT2D eigenvalue weighted by Gasteiger charge is 2.25. The first-order chi connectivity index (χ1) is 23.4. The SMILES string of the molecule is CCCCCCCCCCCCCCCCCCN(C)c1ccc(S(=O)(=O)O)cc1NC(=O)c1cc(S(O)(O)C=O)c2ccccc2c1O. The number of fused-ring (bicyclic) bond motifs is 1. The second-order valence-corrected chi connectivity index (χ2v) is 16.1. The van der Waals surface area contributed by atoms with Crippen molar-refractivity contribution in [2.45, 2.75) is 119 Å². The fourth-order valence-corrected chi connectivity index (χ4v) is 7.52. The van der Waals surface area contributed by atoms with Gasteiger partial charge in [0.25, 0.3) is 16.0 Å². The predicted octanol–water partition coefficient (Wildman–Crippen LogP) is 10.0. The molecule has 272 valence electrons. The van der Waals surface area contributed by atoms with E-state index in [0.717, 1.165) is 31.4 Å². The Bertz CT molecular complexity index is 1630. The summed E-state index contributed by atoms with van der Waals surface area (Å²) >= 11 is 0. The molecular formula is C37H54N2O8S2. The van der Waals surface area contributed by atoms with Crippen molar-refractivity contribution in [3.05, 3.63) is 54.1 Å². The third-order valence-electron chi connectivity index (χ3n) is 8.95. The topological polar surface area (TPSA) is 164 Å². The van der Waals surface area contributed by atoms with Crippen molar-refractivity contribution in [3.8, 4) is 5.75 Å². The molecule has 0 aromatic heterocycles. The van der Waals surface area contributed by atoms with Gasteiger partial charge in [0.1, 0.15) is 5.75 Å². The van der Waals surface area contributed by atoms with E-state index in [-0.39, 0.29) is 32.5 Å². The van der Waals surface area contributed by atoms with Crippen LogP contribution in [0.25, 0.3) is 10.8 Å². The van der Waals surface area contributed by atoms with Gasteiger partial charge in [-0.15, -0.1) is 10.6 Å². The number of rotatable bonds is 23. The van der Waals surface area contributed by atoms with Gasteiger partial charge in [-0.3, -0.25) is 23.2 Å². The number of benzene rings is 3. The summed E-state index contributed by atoms with van der Waals surface area (Å²) in [6.45, 7) is 2.87. The number of amides is 1. The number of hydrogen-bond donors (Lipinski definition) is 5. The highest BCUT2D eigenvalue weighted by molar-refractivity contribution is 8.35. The van der Waals surface area contributed by atoms with Crippen LogP contribution in [-0.4, -0.2) is 52.3 Å². The van der Waals surface area contributed by atoms with E-state index in [1.165, 1.54) is 108 Å². The van der Waals surface area contributed by atoms with Crippen molar-refractivity contribution in [2.24, 2.45) is 0 Å². The molecule has 0 unspecified atom stereocenters. The summed E-state index contributed by atoms with van der Waals surface area (Å²) in [4.78, 5) is 26.3. The predicted molar refractivity (Wildman–Crippen MR) is 201 cm³/mol. The van der Waals surface area contributed by atoms with E-state index in [2.05, 4.69) is 12.2 Å². The largest absolute Gasteiger partial charge is 0.506 e. The van der Waals surface area contributed by atoms with Gasteiger partial charge in [-0.2, -0.15) is 8.42 Å². The highest BCUT2D eigenvalue weighted by atomic mass is 32.3. The zero-order valence-corrected chi connectivity index (χ0v) is 30.5. The molecule has 0 aliphatic heterocycles. The first-order valence-corrected chi connectivity index (χ1v) is 20.6. The van der Waals surface area contributed by atoms with Crippen molar-refractivity contribution in [1.29, 1.82) is 0 Å². The Labute approximate surface area is 293 Å². The second kappa shape index (κ2) is 19.9. The normalized spacial score (nSPS) is 12.3. The molecule has 0 heterocycles. The van der Waals surface area contributed by atoms with E-state index >= 15 is 0 Å². The van der Waals surface area contributed by atoms with Crippen LogP contribution < -0.4 is 10.2 Å². The Morgan fingerprint density at radius 2 is 1.27 bits per heavy atom. The van der Waals surface area contributed by atoms with Crippen molar-refractivity contribution >= 4 is 54.4 Å². The summed E-state index contributed by atoms with van der Waals surface area (Å²) in [6.07, 6.45) is 20.1. The number of unbranched alkanes of at least 4 members (excludes halogenated alkanes) is 15. The van der Waals surface area contributed by atoms with Gasteiger partial charge in [-0.1, -0.05) is 128 Å². The van der Waals surface area contributed by atoms with Gasteiger partial charge in [0.15, 0.2) is 0 Å². The van der Waals surface area contributed by atoms with Crippen LogP contribution in [-0.2, 0) is 14.9 Å². The average Bonchev–Trinajstić information content (AvgIpc) is 3.07. The number of nitrogens with zero attached hydrogens (tertiary/aromatic N) is 1. The third kappa shape index (κ3) is 12.3.